The first-order valence-corrected chi connectivity index (χ1v) is 15.1. The second-order valence-electron chi connectivity index (χ2n) is 12.8. The van der Waals surface area contributed by atoms with Crippen molar-refractivity contribution in [3.63, 3.8) is 0 Å². The number of guanidine groups is 1. The van der Waals surface area contributed by atoms with Crippen LogP contribution in [0.3, 0.4) is 0 Å². The summed E-state index contributed by atoms with van der Waals surface area (Å²) in [6, 6.07) is 12.4. The topological polar surface area (TPSA) is 118 Å². The van der Waals surface area contributed by atoms with Gasteiger partial charge >= 0.3 is 18.2 Å². The number of benzene rings is 2. The normalized spacial score (nSPS) is 15.2. The van der Waals surface area contributed by atoms with Crippen molar-refractivity contribution in [3.8, 4) is 0 Å². The van der Waals surface area contributed by atoms with Gasteiger partial charge in [-0.25, -0.2) is 29.2 Å². The number of ether oxygens (including phenoxy) is 3. The van der Waals surface area contributed by atoms with Gasteiger partial charge in [-0.15, -0.1) is 0 Å². The lowest BCUT2D eigenvalue weighted by Crippen LogP contribution is -2.56. The quantitative estimate of drug-likeness (QED) is 0.218. The van der Waals surface area contributed by atoms with Gasteiger partial charge in [0.05, 0.1) is 12.3 Å². The molecule has 3 amide bonds. The molecule has 2 aromatic carbocycles. The van der Waals surface area contributed by atoms with Crippen molar-refractivity contribution in [2.45, 2.75) is 72.5 Å². The number of hydrogen-bond acceptors (Lipinski definition) is 8. The largest absolute Gasteiger partial charge is 0.463 e. The summed E-state index contributed by atoms with van der Waals surface area (Å²) in [7, 11) is 0. The molecular formula is C34H42N4O7. The van der Waals surface area contributed by atoms with E-state index < -0.39 is 29.4 Å². The van der Waals surface area contributed by atoms with Crippen LogP contribution >= 0.6 is 0 Å². The fraction of sp³-hybridized carbons (Fsp3) is 0.441. The Morgan fingerprint density at radius 3 is 2.09 bits per heavy atom. The van der Waals surface area contributed by atoms with Gasteiger partial charge in [0.2, 0.25) is 5.96 Å². The lowest BCUT2D eigenvalue weighted by Gasteiger charge is -2.37. The summed E-state index contributed by atoms with van der Waals surface area (Å²) >= 11 is 0. The second kappa shape index (κ2) is 13.5. The molecule has 2 aromatic rings. The molecular weight excluding hydrogens is 576 g/mol. The molecule has 0 aliphatic carbocycles. The average Bonchev–Trinajstić information content (AvgIpc) is 3.37. The molecule has 11 nitrogen and oxygen atoms in total. The number of esters is 1. The van der Waals surface area contributed by atoms with E-state index in [4.69, 9.17) is 19.2 Å². The number of rotatable bonds is 5. The third-order valence-corrected chi connectivity index (χ3v) is 6.74. The zero-order valence-electron chi connectivity index (χ0n) is 27.1. The molecule has 1 fully saturated rings. The number of amides is 3. The van der Waals surface area contributed by atoms with Gasteiger partial charge in [0.15, 0.2) is 0 Å². The molecule has 0 radical (unpaired) electrons. The van der Waals surface area contributed by atoms with Crippen molar-refractivity contribution < 1.29 is 33.4 Å². The summed E-state index contributed by atoms with van der Waals surface area (Å²) < 4.78 is 16.2. The van der Waals surface area contributed by atoms with Crippen LogP contribution in [0.4, 0.5) is 21.0 Å². The highest BCUT2D eigenvalue weighted by Gasteiger charge is 2.37. The van der Waals surface area contributed by atoms with Crippen LogP contribution in [0.15, 0.2) is 53.5 Å². The van der Waals surface area contributed by atoms with Crippen LogP contribution in [0.1, 0.15) is 76.4 Å². The molecule has 2 heterocycles. The highest BCUT2D eigenvalue weighted by molar-refractivity contribution is 6.08. The standard InChI is InChI=1S/C34H42N4O7/c1-8-43-28(39)16-14-23-13-15-27-24(21-23)17-20-36(27)29(40)25-11-9-12-26(22-25)35-30-37(31(41)44-33(2,3)4)18-10-19-38(30)32(42)45-34(5,6)7/h9,11-16,21-22H,8,10,17-20H2,1-7H3/b16-14+. The molecule has 0 N–H and O–H groups in total. The zero-order chi connectivity index (χ0) is 32.9. The highest BCUT2D eigenvalue weighted by Crippen LogP contribution is 2.31. The van der Waals surface area contributed by atoms with Crippen molar-refractivity contribution >= 4 is 47.5 Å². The molecule has 2 aliphatic heterocycles. The molecule has 0 spiro atoms. The minimum Gasteiger partial charge on any atom is -0.463 e. The minimum atomic E-state index is -0.757. The van der Waals surface area contributed by atoms with E-state index in [1.807, 2.05) is 18.2 Å². The molecule has 240 valence electrons. The van der Waals surface area contributed by atoms with Crippen molar-refractivity contribution in [2.24, 2.45) is 4.99 Å². The molecule has 11 heteroatoms. The van der Waals surface area contributed by atoms with E-state index in [-0.39, 0.29) is 11.9 Å². The molecule has 0 atom stereocenters. The Hall–Kier alpha value is -4.67. The van der Waals surface area contributed by atoms with Crippen molar-refractivity contribution in [3.05, 3.63) is 65.2 Å². The molecule has 45 heavy (non-hydrogen) atoms. The lowest BCUT2D eigenvalue weighted by molar-refractivity contribution is -0.137. The van der Waals surface area contributed by atoms with Crippen LogP contribution in [-0.4, -0.2) is 77.3 Å². The Bertz CT molecular complexity index is 1480. The van der Waals surface area contributed by atoms with Gasteiger partial charge in [-0.3, -0.25) is 4.79 Å². The van der Waals surface area contributed by atoms with Gasteiger partial charge in [0.25, 0.3) is 5.91 Å². The van der Waals surface area contributed by atoms with Crippen LogP contribution in [0.2, 0.25) is 0 Å². The van der Waals surface area contributed by atoms with E-state index in [2.05, 4.69) is 0 Å². The van der Waals surface area contributed by atoms with Crippen molar-refractivity contribution in [2.75, 3.05) is 31.1 Å². The minimum absolute atomic E-state index is 0.0734. The Morgan fingerprint density at radius 1 is 0.844 bits per heavy atom. The maximum atomic E-state index is 13.7. The number of aliphatic imine (C=N–C) groups is 1. The van der Waals surface area contributed by atoms with Gasteiger partial charge in [-0.2, -0.15) is 0 Å². The van der Waals surface area contributed by atoms with E-state index in [1.54, 1.807) is 83.7 Å². The highest BCUT2D eigenvalue weighted by atomic mass is 16.6. The molecule has 0 bridgehead atoms. The van der Waals surface area contributed by atoms with E-state index >= 15 is 0 Å². The number of hydrogen-bond donors (Lipinski definition) is 0. The number of nitrogens with zero attached hydrogens (tertiary/aromatic N) is 4. The van der Waals surface area contributed by atoms with E-state index in [1.165, 1.54) is 15.9 Å². The number of anilines is 1. The third kappa shape index (κ3) is 8.71. The summed E-state index contributed by atoms with van der Waals surface area (Å²) in [5.74, 6) is -0.540. The van der Waals surface area contributed by atoms with Crippen LogP contribution < -0.4 is 4.90 Å². The maximum absolute atomic E-state index is 13.7. The molecule has 0 saturated carbocycles. The third-order valence-electron chi connectivity index (χ3n) is 6.74. The molecule has 0 unspecified atom stereocenters. The first-order chi connectivity index (χ1) is 21.1. The maximum Gasteiger partial charge on any atom is 0.417 e. The molecule has 1 saturated heterocycles. The Labute approximate surface area is 264 Å². The first-order valence-electron chi connectivity index (χ1n) is 15.1. The van der Waals surface area contributed by atoms with Crippen LogP contribution in [0, 0.1) is 0 Å². The Balaban J connectivity index is 1.62. The Kier molecular flexibility index (Phi) is 10.00. The van der Waals surface area contributed by atoms with Gasteiger partial charge in [0, 0.05) is 37.0 Å². The smallest absolute Gasteiger partial charge is 0.417 e. The number of fused-ring (bicyclic) bond motifs is 1. The van der Waals surface area contributed by atoms with Crippen molar-refractivity contribution in [1.82, 2.24) is 9.80 Å². The van der Waals surface area contributed by atoms with E-state index in [0.717, 1.165) is 16.8 Å². The summed E-state index contributed by atoms with van der Waals surface area (Å²) in [4.78, 5) is 60.9. The van der Waals surface area contributed by atoms with Crippen molar-refractivity contribution in [1.29, 1.82) is 0 Å². The molecule has 4 rings (SSSR count). The van der Waals surface area contributed by atoms with Crippen LogP contribution in [0.25, 0.3) is 6.08 Å². The fourth-order valence-electron chi connectivity index (χ4n) is 4.90. The predicted octanol–water partition coefficient (Wildman–Crippen LogP) is 6.33. The van der Waals surface area contributed by atoms with Gasteiger partial charge in [0.1, 0.15) is 11.2 Å². The summed E-state index contributed by atoms with van der Waals surface area (Å²) in [5, 5.41) is 0. The monoisotopic (exact) mass is 618 g/mol. The van der Waals surface area contributed by atoms with Crippen LogP contribution in [0.5, 0.6) is 0 Å². The van der Waals surface area contributed by atoms with Gasteiger partial charge < -0.3 is 19.1 Å². The second-order valence-corrected chi connectivity index (χ2v) is 12.8. The van der Waals surface area contributed by atoms with Crippen LogP contribution in [-0.2, 0) is 25.4 Å². The first kappa shape index (κ1) is 33.2. The molecule has 2 aliphatic rings. The average molecular weight is 619 g/mol. The fourth-order valence-corrected chi connectivity index (χ4v) is 4.90. The summed E-state index contributed by atoms with van der Waals surface area (Å²) in [5.41, 5.74) is 1.90. The predicted molar refractivity (Wildman–Crippen MR) is 172 cm³/mol. The SMILES string of the molecule is CCOC(=O)/C=C/c1ccc2c(c1)CCN2C(=O)c1cccc(N=C2N(C(=O)OC(C)(C)C)CCCN2C(=O)OC(C)(C)C)c1. The van der Waals surface area contributed by atoms with E-state index in [0.29, 0.717) is 50.3 Å². The van der Waals surface area contributed by atoms with E-state index in [9.17, 15) is 19.2 Å². The molecule has 0 aromatic heterocycles. The van der Waals surface area contributed by atoms with Gasteiger partial charge in [-0.1, -0.05) is 12.1 Å². The van der Waals surface area contributed by atoms with Gasteiger partial charge in [-0.05, 0) is 109 Å². The zero-order valence-corrected chi connectivity index (χ0v) is 27.1. The Morgan fingerprint density at radius 2 is 1.49 bits per heavy atom. The lowest BCUT2D eigenvalue weighted by atomic mass is 10.1. The number of carbonyl (C=O) groups is 4. The number of carbonyl (C=O) groups excluding carboxylic acids is 4. The summed E-state index contributed by atoms with van der Waals surface area (Å²) in [6.07, 6.45) is 2.98. The summed E-state index contributed by atoms with van der Waals surface area (Å²) in [6.45, 7) is 13.8.